The quantitative estimate of drug-likeness (QED) is 0.722. The first-order valence-corrected chi connectivity index (χ1v) is 6.66. The van der Waals surface area contributed by atoms with Gasteiger partial charge in [0.05, 0.1) is 16.1 Å². The van der Waals surface area contributed by atoms with E-state index in [0.717, 1.165) is 26.0 Å². The zero-order chi connectivity index (χ0) is 11.7. The second-order valence-electron chi connectivity index (χ2n) is 2.97. The minimum absolute atomic E-state index is 0.578. The highest BCUT2D eigenvalue weighted by molar-refractivity contribution is 9.13. The van der Waals surface area contributed by atoms with E-state index in [9.17, 15) is 0 Å². The van der Waals surface area contributed by atoms with Crippen LogP contribution in [0.5, 0.6) is 5.75 Å². The SMILES string of the molecule is COc1ccc(-c2noc(Br)c2Br)cc1Br. The van der Waals surface area contributed by atoms with Gasteiger partial charge in [-0.25, -0.2) is 0 Å². The Balaban J connectivity index is 2.49. The Morgan fingerprint density at radius 3 is 2.50 bits per heavy atom. The third kappa shape index (κ3) is 2.19. The van der Waals surface area contributed by atoms with Crippen LogP contribution >= 0.6 is 47.8 Å². The van der Waals surface area contributed by atoms with Crippen molar-refractivity contribution in [1.82, 2.24) is 5.16 Å². The maximum atomic E-state index is 5.16. The number of nitrogens with zero attached hydrogens (tertiary/aromatic N) is 1. The fourth-order valence-corrected chi connectivity index (χ4v) is 2.43. The van der Waals surface area contributed by atoms with Gasteiger partial charge in [-0.05, 0) is 66.0 Å². The molecular weight excluding hydrogens is 406 g/mol. The van der Waals surface area contributed by atoms with Crippen molar-refractivity contribution in [3.8, 4) is 17.0 Å². The molecule has 0 spiro atoms. The van der Waals surface area contributed by atoms with E-state index in [0.29, 0.717) is 4.67 Å². The molecule has 0 atom stereocenters. The first-order chi connectivity index (χ1) is 7.63. The number of rotatable bonds is 2. The van der Waals surface area contributed by atoms with Gasteiger partial charge in [0.25, 0.3) is 0 Å². The molecule has 1 heterocycles. The molecule has 0 aliphatic heterocycles. The van der Waals surface area contributed by atoms with Gasteiger partial charge in [0, 0.05) is 5.56 Å². The topological polar surface area (TPSA) is 35.3 Å². The van der Waals surface area contributed by atoms with E-state index in [-0.39, 0.29) is 0 Å². The van der Waals surface area contributed by atoms with Gasteiger partial charge in [-0.3, -0.25) is 0 Å². The molecule has 2 rings (SSSR count). The lowest BCUT2D eigenvalue weighted by atomic mass is 10.1. The predicted octanol–water partition coefficient (Wildman–Crippen LogP) is 4.64. The van der Waals surface area contributed by atoms with E-state index < -0.39 is 0 Å². The number of halogens is 3. The van der Waals surface area contributed by atoms with Crippen molar-refractivity contribution in [2.75, 3.05) is 7.11 Å². The molecule has 16 heavy (non-hydrogen) atoms. The van der Waals surface area contributed by atoms with E-state index in [1.165, 1.54) is 0 Å². The van der Waals surface area contributed by atoms with Crippen LogP contribution in [0.25, 0.3) is 11.3 Å². The Kier molecular flexibility index (Phi) is 3.71. The number of aromatic nitrogens is 1. The minimum atomic E-state index is 0.578. The molecule has 0 saturated heterocycles. The summed E-state index contributed by atoms with van der Waals surface area (Å²) in [5.74, 6) is 0.780. The molecule has 3 nitrogen and oxygen atoms in total. The monoisotopic (exact) mass is 409 g/mol. The molecule has 0 fully saturated rings. The van der Waals surface area contributed by atoms with Crippen molar-refractivity contribution < 1.29 is 9.26 Å². The van der Waals surface area contributed by atoms with Crippen LogP contribution in [0.15, 0.2) is 36.3 Å². The molecule has 0 saturated carbocycles. The van der Waals surface area contributed by atoms with E-state index in [4.69, 9.17) is 9.26 Å². The Morgan fingerprint density at radius 2 is 2.00 bits per heavy atom. The second-order valence-corrected chi connectivity index (χ2v) is 5.34. The Hall–Kier alpha value is -0.330. The summed E-state index contributed by atoms with van der Waals surface area (Å²) in [6.45, 7) is 0. The van der Waals surface area contributed by atoms with E-state index in [1.807, 2.05) is 18.2 Å². The molecule has 0 amide bonds. The number of ether oxygens (including phenoxy) is 1. The molecule has 2 aromatic rings. The lowest BCUT2D eigenvalue weighted by Gasteiger charge is -2.04. The molecule has 0 bridgehead atoms. The molecular formula is C10H6Br3NO2. The van der Waals surface area contributed by atoms with Crippen molar-refractivity contribution in [2.24, 2.45) is 0 Å². The summed E-state index contributed by atoms with van der Waals surface area (Å²) in [5, 5.41) is 3.95. The van der Waals surface area contributed by atoms with Crippen LogP contribution in [0.2, 0.25) is 0 Å². The molecule has 0 aliphatic carbocycles. The van der Waals surface area contributed by atoms with Crippen molar-refractivity contribution in [3.63, 3.8) is 0 Å². The highest BCUT2D eigenvalue weighted by Gasteiger charge is 2.14. The summed E-state index contributed by atoms with van der Waals surface area (Å²) in [6, 6.07) is 5.71. The van der Waals surface area contributed by atoms with Crippen LogP contribution in [0.1, 0.15) is 0 Å². The Bertz CT molecular complexity index is 525. The molecule has 0 aliphatic rings. The van der Waals surface area contributed by atoms with Crippen molar-refractivity contribution in [1.29, 1.82) is 0 Å². The van der Waals surface area contributed by atoms with Crippen molar-refractivity contribution in [2.45, 2.75) is 0 Å². The molecule has 84 valence electrons. The fourth-order valence-electron chi connectivity index (χ4n) is 1.25. The van der Waals surface area contributed by atoms with Crippen LogP contribution in [0.4, 0.5) is 0 Å². The van der Waals surface area contributed by atoms with Crippen molar-refractivity contribution >= 4 is 47.8 Å². The minimum Gasteiger partial charge on any atom is -0.496 e. The van der Waals surface area contributed by atoms with Gasteiger partial charge in [-0.1, -0.05) is 5.16 Å². The van der Waals surface area contributed by atoms with Crippen LogP contribution in [-0.2, 0) is 0 Å². The van der Waals surface area contributed by atoms with Gasteiger partial charge in [0.2, 0.25) is 4.67 Å². The van der Waals surface area contributed by atoms with E-state index in [1.54, 1.807) is 7.11 Å². The van der Waals surface area contributed by atoms with Gasteiger partial charge in [-0.15, -0.1) is 0 Å². The maximum Gasteiger partial charge on any atom is 0.216 e. The van der Waals surface area contributed by atoms with Gasteiger partial charge in [-0.2, -0.15) is 0 Å². The largest absolute Gasteiger partial charge is 0.496 e. The average Bonchev–Trinajstić information content (AvgIpc) is 2.60. The average molecular weight is 412 g/mol. The molecule has 0 N–H and O–H groups in total. The summed E-state index contributed by atoms with van der Waals surface area (Å²) < 4.78 is 12.4. The molecule has 0 unspecified atom stereocenters. The molecule has 6 heteroatoms. The fraction of sp³-hybridized carbons (Fsp3) is 0.100. The smallest absolute Gasteiger partial charge is 0.216 e. The summed E-state index contributed by atoms with van der Waals surface area (Å²) in [5.41, 5.74) is 1.68. The summed E-state index contributed by atoms with van der Waals surface area (Å²) >= 11 is 10.1. The van der Waals surface area contributed by atoms with Gasteiger partial charge in [0.1, 0.15) is 11.4 Å². The molecule has 0 radical (unpaired) electrons. The van der Waals surface area contributed by atoms with Gasteiger partial charge < -0.3 is 9.26 Å². The van der Waals surface area contributed by atoms with E-state index >= 15 is 0 Å². The standard InChI is InChI=1S/C10H6Br3NO2/c1-15-7-3-2-5(4-6(7)11)9-8(12)10(13)16-14-9/h2-4H,1H3. The first kappa shape index (κ1) is 12.1. The van der Waals surface area contributed by atoms with Crippen LogP contribution in [0, 0.1) is 0 Å². The van der Waals surface area contributed by atoms with Crippen LogP contribution < -0.4 is 4.74 Å². The first-order valence-electron chi connectivity index (χ1n) is 4.28. The summed E-state index contributed by atoms with van der Waals surface area (Å²) in [7, 11) is 1.63. The normalized spacial score (nSPS) is 10.5. The summed E-state index contributed by atoms with van der Waals surface area (Å²) in [4.78, 5) is 0. The number of hydrogen-bond donors (Lipinski definition) is 0. The highest BCUT2D eigenvalue weighted by Crippen LogP contribution is 2.36. The summed E-state index contributed by atoms with van der Waals surface area (Å²) in [6.07, 6.45) is 0. The zero-order valence-corrected chi connectivity index (χ0v) is 12.9. The molecule has 1 aromatic heterocycles. The lowest BCUT2D eigenvalue weighted by molar-refractivity contribution is 0.401. The number of hydrogen-bond acceptors (Lipinski definition) is 3. The lowest BCUT2D eigenvalue weighted by Crippen LogP contribution is -1.85. The third-order valence-corrected chi connectivity index (χ3v) is 4.45. The zero-order valence-electron chi connectivity index (χ0n) is 8.13. The van der Waals surface area contributed by atoms with E-state index in [2.05, 4.69) is 52.9 Å². The van der Waals surface area contributed by atoms with Gasteiger partial charge in [0.15, 0.2) is 0 Å². The van der Waals surface area contributed by atoms with Crippen LogP contribution in [0.3, 0.4) is 0 Å². The maximum absolute atomic E-state index is 5.16. The highest BCUT2D eigenvalue weighted by atomic mass is 79.9. The Labute approximate surface area is 118 Å². The Morgan fingerprint density at radius 1 is 1.25 bits per heavy atom. The van der Waals surface area contributed by atoms with Crippen molar-refractivity contribution in [3.05, 3.63) is 31.8 Å². The van der Waals surface area contributed by atoms with Crippen LogP contribution in [-0.4, -0.2) is 12.3 Å². The third-order valence-electron chi connectivity index (χ3n) is 2.02. The second kappa shape index (κ2) is 4.89. The number of methoxy groups -OCH3 is 1. The number of benzene rings is 1. The molecule has 1 aromatic carbocycles. The van der Waals surface area contributed by atoms with Gasteiger partial charge >= 0.3 is 0 Å². The predicted molar refractivity (Wildman–Crippen MR) is 71.6 cm³/mol.